The van der Waals surface area contributed by atoms with Crippen molar-refractivity contribution in [1.82, 2.24) is 10.0 Å². The van der Waals surface area contributed by atoms with Crippen LogP contribution >= 0.6 is 0 Å². The predicted octanol–water partition coefficient (Wildman–Crippen LogP) is 0.285. The molecule has 0 unspecified atom stereocenters. The second-order valence-electron chi connectivity index (χ2n) is 5.26. The lowest BCUT2D eigenvalue weighted by atomic mass is 10.0. The lowest BCUT2D eigenvalue weighted by Crippen LogP contribution is -2.48. The van der Waals surface area contributed by atoms with E-state index in [1.165, 1.54) is 12.1 Å². The monoisotopic (exact) mass is 295 g/mol. The molecule has 3 N–H and O–H groups in total. The van der Waals surface area contributed by atoms with E-state index >= 15 is 0 Å². The average Bonchev–Trinajstić information content (AvgIpc) is 3.10. The summed E-state index contributed by atoms with van der Waals surface area (Å²) >= 11 is 0. The number of hydrogen-bond donors (Lipinski definition) is 3. The van der Waals surface area contributed by atoms with Gasteiger partial charge in [-0.1, -0.05) is 0 Å². The molecule has 0 atom stereocenters. The Labute approximate surface area is 118 Å². The van der Waals surface area contributed by atoms with Gasteiger partial charge >= 0.3 is 0 Å². The Kier molecular flexibility index (Phi) is 3.49. The summed E-state index contributed by atoms with van der Waals surface area (Å²) in [6.45, 7) is 1.40. The Hall–Kier alpha value is -1.44. The fourth-order valence-corrected chi connectivity index (χ4v) is 3.23. The molecule has 1 saturated carbocycles. The molecule has 0 spiro atoms. The average molecular weight is 295 g/mol. The molecular formula is C13H17N3O3S. The van der Waals surface area contributed by atoms with Crippen molar-refractivity contribution in [2.24, 2.45) is 5.92 Å². The Balaban J connectivity index is 1.65. The minimum Gasteiger partial charge on any atom is -0.326 e. The fourth-order valence-electron chi connectivity index (χ4n) is 1.92. The van der Waals surface area contributed by atoms with E-state index in [2.05, 4.69) is 15.4 Å². The number of benzene rings is 1. The molecule has 7 heteroatoms. The summed E-state index contributed by atoms with van der Waals surface area (Å²) in [4.78, 5) is 12.0. The highest BCUT2D eigenvalue weighted by Gasteiger charge is 2.28. The lowest BCUT2D eigenvalue weighted by Gasteiger charge is -2.25. The third-order valence-corrected chi connectivity index (χ3v) is 5.02. The van der Waals surface area contributed by atoms with Gasteiger partial charge in [0.25, 0.3) is 0 Å². The predicted molar refractivity (Wildman–Crippen MR) is 74.8 cm³/mol. The molecule has 0 radical (unpaired) electrons. The second kappa shape index (κ2) is 5.16. The molecule has 108 valence electrons. The summed E-state index contributed by atoms with van der Waals surface area (Å²) in [5, 5.41) is 5.81. The van der Waals surface area contributed by atoms with E-state index in [9.17, 15) is 13.2 Å². The van der Waals surface area contributed by atoms with Crippen molar-refractivity contribution in [3.05, 3.63) is 24.3 Å². The summed E-state index contributed by atoms with van der Waals surface area (Å²) in [5.74, 6) is -0.0228. The first-order valence-corrected chi connectivity index (χ1v) is 8.17. The molecule has 1 saturated heterocycles. The van der Waals surface area contributed by atoms with Crippen molar-refractivity contribution in [3.8, 4) is 0 Å². The molecule has 1 aromatic carbocycles. The van der Waals surface area contributed by atoms with Gasteiger partial charge in [0.1, 0.15) is 0 Å². The Morgan fingerprint density at radius 2 is 1.80 bits per heavy atom. The molecule has 1 aliphatic heterocycles. The summed E-state index contributed by atoms with van der Waals surface area (Å²) < 4.78 is 26.6. The molecule has 0 aromatic heterocycles. The van der Waals surface area contributed by atoms with Crippen LogP contribution in [0.25, 0.3) is 0 Å². The quantitative estimate of drug-likeness (QED) is 0.728. The van der Waals surface area contributed by atoms with Crippen molar-refractivity contribution in [3.63, 3.8) is 0 Å². The van der Waals surface area contributed by atoms with E-state index < -0.39 is 10.0 Å². The van der Waals surface area contributed by atoms with Gasteiger partial charge in [-0.3, -0.25) is 4.79 Å². The van der Waals surface area contributed by atoms with E-state index in [4.69, 9.17) is 0 Å². The highest BCUT2D eigenvalue weighted by molar-refractivity contribution is 7.89. The van der Waals surface area contributed by atoms with Gasteiger partial charge in [0.15, 0.2) is 0 Å². The van der Waals surface area contributed by atoms with Crippen molar-refractivity contribution in [2.45, 2.75) is 23.8 Å². The second-order valence-corrected chi connectivity index (χ2v) is 6.98. The minimum atomic E-state index is -3.42. The molecular weight excluding hydrogens is 278 g/mol. The maximum atomic E-state index is 12.0. The van der Waals surface area contributed by atoms with Crippen LogP contribution < -0.4 is 15.4 Å². The Morgan fingerprint density at radius 3 is 2.30 bits per heavy atom. The first kappa shape index (κ1) is 13.5. The van der Waals surface area contributed by atoms with Crippen LogP contribution in [-0.4, -0.2) is 33.5 Å². The first-order chi connectivity index (χ1) is 9.54. The van der Waals surface area contributed by atoms with Crippen LogP contribution in [0.5, 0.6) is 0 Å². The number of anilines is 1. The van der Waals surface area contributed by atoms with Gasteiger partial charge in [-0.25, -0.2) is 13.1 Å². The zero-order valence-electron chi connectivity index (χ0n) is 10.9. The van der Waals surface area contributed by atoms with Crippen LogP contribution in [0, 0.1) is 5.92 Å². The Bertz CT molecular complexity index is 604. The molecule has 1 aliphatic carbocycles. The van der Waals surface area contributed by atoms with Gasteiger partial charge in [-0.2, -0.15) is 0 Å². The zero-order chi connectivity index (χ0) is 14.2. The van der Waals surface area contributed by atoms with Crippen LogP contribution in [0.3, 0.4) is 0 Å². The lowest BCUT2D eigenvalue weighted by molar-refractivity contribution is -0.121. The van der Waals surface area contributed by atoms with Gasteiger partial charge in [0.05, 0.1) is 10.8 Å². The molecule has 6 nitrogen and oxygen atoms in total. The summed E-state index contributed by atoms with van der Waals surface area (Å²) in [5.41, 5.74) is 0.618. The van der Waals surface area contributed by atoms with E-state index in [0.717, 1.165) is 12.8 Å². The highest BCUT2D eigenvalue weighted by Crippen LogP contribution is 2.23. The maximum Gasteiger partial charge on any atom is 0.240 e. The SMILES string of the molecule is O=C(Nc1ccc(S(=O)(=O)NC2CC2)cc1)C1CNC1. The third-order valence-electron chi connectivity index (χ3n) is 3.48. The van der Waals surface area contributed by atoms with Gasteiger partial charge in [0.2, 0.25) is 15.9 Å². The zero-order valence-corrected chi connectivity index (χ0v) is 11.7. The fraction of sp³-hybridized carbons (Fsp3) is 0.462. The molecule has 1 heterocycles. The van der Waals surface area contributed by atoms with Crippen LogP contribution in [0.2, 0.25) is 0 Å². The number of sulfonamides is 1. The summed E-state index contributed by atoms with van der Waals surface area (Å²) in [6, 6.07) is 6.35. The van der Waals surface area contributed by atoms with Crippen LogP contribution in [0.1, 0.15) is 12.8 Å². The third kappa shape index (κ3) is 3.00. The van der Waals surface area contributed by atoms with E-state index in [0.29, 0.717) is 18.8 Å². The standard InChI is InChI=1S/C13H17N3O3S/c17-13(9-7-14-8-9)15-10-3-5-12(6-4-10)20(18,19)16-11-1-2-11/h3-6,9,11,14,16H,1-2,7-8H2,(H,15,17). The van der Waals surface area contributed by atoms with E-state index in [1.807, 2.05) is 0 Å². The minimum absolute atomic E-state index is 0.00921. The van der Waals surface area contributed by atoms with Crippen LogP contribution in [0.4, 0.5) is 5.69 Å². The molecule has 2 fully saturated rings. The number of carbonyl (C=O) groups is 1. The van der Waals surface area contributed by atoms with Gasteiger partial charge in [0, 0.05) is 24.8 Å². The van der Waals surface area contributed by atoms with Crippen molar-refractivity contribution in [1.29, 1.82) is 0 Å². The normalized spacial score (nSPS) is 19.4. The molecule has 3 rings (SSSR count). The Morgan fingerprint density at radius 1 is 1.15 bits per heavy atom. The van der Waals surface area contributed by atoms with E-state index in [1.54, 1.807) is 12.1 Å². The molecule has 2 aliphatic rings. The number of hydrogen-bond acceptors (Lipinski definition) is 4. The van der Waals surface area contributed by atoms with Crippen LogP contribution in [-0.2, 0) is 14.8 Å². The topological polar surface area (TPSA) is 87.3 Å². The van der Waals surface area contributed by atoms with Gasteiger partial charge in [-0.05, 0) is 37.1 Å². The number of nitrogens with one attached hydrogen (secondary N) is 3. The van der Waals surface area contributed by atoms with E-state index in [-0.39, 0.29) is 22.8 Å². The number of rotatable bonds is 5. The van der Waals surface area contributed by atoms with Gasteiger partial charge in [-0.15, -0.1) is 0 Å². The van der Waals surface area contributed by atoms with Gasteiger partial charge < -0.3 is 10.6 Å². The maximum absolute atomic E-state index is 12.0. The smallest absolute Gasteiger partial charge is 0.240 e. The highest BCUT2D eigenvalue weighted by atomic mass is 32.2. The molecule has 1 amide bonds. The van der Waals surface area contributed by atoms with Crippen LogP contribution in [0.15, 0.2) is 29.2 Å². The first-order valence-electron chi connectivity index (χ1n) is 6.68. The van der Waals surface area contributed by atoms with Crippen molar-refractivity contribution in [2.75, 3.05) is 18.4 Å². The summed E-state index contributed by atoms with van der Waals surface area (Å²) in [6.07, 6.45) is 1.81. The molecule has 0 bridgehead atoms. The molecule has 20 heavy (non-hydrogen) atoms. The molecule has 1 aromatic rings. The van der Waals surface area contributed by atoms with Crippen molar-refractivity contribution >= 4 is 21.6 Å². The number of amides is 1. The largest absolute Gasteiger partial charge is 0.326 e. The summed E-state index contributed by atoms with van der Waals surface area (Å²) in [7, 11) is -3.42. The van der Waals surface area contributed by atoms with Crippen molar-refractivity contribution < 1.29 is 13.2 Å². The number of carbonyl (C=O) groups excluding carboxylic acids is 1.